The highest BCUT2D eigenvalue weighted by Crippen LogP contribution is 2.41. The van der Waals surface area contributed by atoms with Crippen LogP contribution in [0, 0.1) is 6.92 Å². The van der Waals surface area contributed by atoms with Gasteiger partial charge < -0.3 is 8.37 Å². The maximum absolute atomic E-state index is 13.1. The maximum atomic E-state index is 13.1. The molecular weight excluding hydrogens is 574 g/mol. The molecule has 0 heterocycles. The van der Waals surface area contributed by atoms with Crippen molar-refractivity contribution in [1.82, 2.24) is 0 Å². The fourth-order valence-corrected chi connectivity index (χ4v) is 4.67. The quantitative estimate of drug-likeness (QED) is 0.156. The molecule has 14 heteroatoms. The van der Waals surface area contributed by atoms with E-state index in [9.17, 15) is 43.2 Å². The van der Waals surface area contributed by atoms with Gasteiger partial charge in [-0.3, -0.25) is 0 Å². The lowest BCUT2D eigenvalue weighted by atomic mass is 9.90. The Morgan fingerprint density at radius 1 is 0.923 bits per heavy atom. The Balaban J connectivity index is 2.34. The van der Waals surface area contributed by atoms with Crippen LogP contribution in [-0.4, -0.2) is 27.9 Å². The van der Waals surface area contributed by atoms with Gasteiger partial charge in [0.2, 0.25) is 0 Å². The zero-order chi connectivity index (χ0) is 29.4. The van der Waals surface area contributed by atoms with Gasteiger partial charge in [-0.1, -0.05) is 42.5 Å². The lowest BCUT2D eigenvalue weighted by Gasteiger charge is -2.18. The van der Waals surface area contributed by atoms with Crippen LogP contribution >= 0.6 is 0 Å². The first-order valence-electron chi connectivity index (χ1n) is 10.9. The third-order valence-electron chi connectivity index (χ3n) is 5.44. The van der Waals surface area contributed by atoms with Crippen LogP contribution in [0.25, 0.3) is 16.3 Å². The minimum atomic E-state index is -6.03. The largest absolute Gasteiger partial charge is 0.534 e. The highest BCUT2D eigenvalue weighted by molar-refractivity contribution is 7.88. The van der Waals surface area contributed by atoms with E-state index >= 15 is 0 Å². The third-order valence-corrected chi connectivity index (χ3v) is 7.37. The number of benzene rings is 2. The van der Waals surface area contributed by atoms with E-state index in [2.05, 4.69) is 14.1 Å². The van der Waals surface area contributed by atoms with E-state index < -0.39 is 42.8 Å². The molecule has 0 saturated heterocycles. The first kappa shape index (κ1) is 30.1. The maximum Gasteiger partial charge on any atom is 0.534 e. The summed E-state index contributed by atoms with van der Waals surface area (Å²) in [5.74, 6) is -1.30. The lowest BCUT2D eigenvalue weighted by Crippen LogP contribution is -2.28. The van der Waals surface area contributed by atoms with Gasteiger partial charge in [-0.25, -0.2) is 0 Å². The van der Waals surface area contributed by atoms with Crippen LogP contribution in [0.2, 0.25) is 0 Å². The van der Waals surface area contributed by atoms with Crippen molar-refractivity contribution in [3.63, 3.8) is 0 Å². The lowest BCUT2D eigenvalue weighted by molar-refractivity contribution is -0.0521. The zero-order valence-electron chi connectivity index (χ0n) is 20.4. The van der Waals surface area contributed by atoms with Crippen LogP contribution in [0.4, 0.5) is 26.3 Å². The first-order valence-corrected chi connectivity index (χ1v) is 13.7. The van der Waals surface area contributed by atoms with E-state index in [1.165, 1.54) is 32.1 Å². The molecule has 3 rings (SSSR count). The van der Waals surface area contributed by atoms with E-state index in [-0.39, 0.29) is 34.3 Å². The molecule has 0 aliphatic heterocycles. The van der Waals surface area contributed by atoms with Crippen LogP contribution in [-0.2, 0) is 24.4 Å². The summed E-state index contributed by atoms with van der Waals surface area (Å²) in [4.78, 5) is 0. The Bertz CT molecular complexity index is 1690. The Hall–Kier alpha value is -3.48. The SMILES string of the molecule is C/C=C\C=C1\C=C(OS(=O)(=O)C(F)(F)F)C(C)=C=C(c2c(C)c(OS(=O)(=O)C(F)(F)F)cc3ccccc23)C1. The van der Waals surface area contributed by atoms with Crippen molar-refractivity contribution in [2.24, 2.45) is 0 Å². The molecule has 2 aromatic carbocycles. The number of alkyl halides is 6. The van der Waals surface area contributed by atoms with Crippen molar-refractivity contribution in [1.29, 1.82) is 0 Å². The highest BCUT2D eigenvalue weighted by atomic mass is 32.2. The summed E-state index contributed by atoms with van der Waals surface area (Å²) in [5, 5.41) is 0.740. The van der Waals surface area contributed by atoms with Gasteiger partial charge >= 0.3 is 31.3 Å². The van der Waals surface area contributed by atoms with Crippen LogP contribution in [0.3, 0.4) is 0 Å². The molecule has 6 nitrogen and oxygen atoms in total. The van der Waals surface area contributed by atoms with Crippen molar-refractivity contribution in [2.75, 3.05) is 0 Å². The summed E-state index contributed by atoms with van der Waals surface area (Å²) in [7, 11) is -12.1. The molecular formula is C25H20F6O6S2. The molecule has 2 aromatic rings. The molecule has 210 valence electrons. The first-order chi connectivity index (χ1) is 17.9. The van der Waals surface area contributed by atoms with Crippen LogP contribution in [0.15, 0.2) is 77.3 Å². The summed E-state index contributed by atoms with van der Waals surface area (Å²) in [6, 6.07) is 7.39. The van der Waals surface area contributed by atoms with E-state index in [4.69, 9.17) is 0 Å². The van der Waals surface area contributed by atoms with Gasteiger partial charge in [0.05, 0.1) is 0 Å². The van der Waals surface area contributed by atoms with E-state index in [0.29, 0.717) is 10.8 Å². The van der Waals surface area contributed by atoms with Crippen molar-refractivity contribution in [2.45, 2.75) is 38.2 Å². The Morgan fingerprint density at radius 3 is 2.10 bits per heavy atom. The third kappa shape index (κ3) is 6.40. The van der Waals surface area contributed by atoms with Crippen molar-refractivity contribution >= 4 is 36.6 Å². The van der Waals surface area contributed by atoms with Crippen LogP contribution in [0.5, 0.6) is 5.75 Å². The Kier molecular flexibility index (Phi) is 8.16. The molecule has 1 aliphatic carbocycles. The highest BCUT2D eigenvalue weighted by Gasteiger charge is 2.50. The minimum Gasteiger partial charge on any atom is -0.376 e. The van der Waals surface area contributed by atoms with Crippen molar-refractivity contribution in [3.05, 3.63) is 88.4 Å². The number of hydrogen-bond acceptors (Lipinski definition) is 6. The average molecular weight is 595 g/mol. The summed E-state index contributed by atoms with van der Waals surface area (Å²) in [6.45, 7) is 4.21. The number of allylic oxidation sites excluding steroid dienone is 6. The normalized spacial score (nSPS) is 16.6. The molecule has 1 aliphatic rings. The molecule has 0 radical (unpaired) electrons. The average Bonchev–Trinajstić information content (AvgIpc) is 2.94. The van der Waals surface area contributed by atoms with Crippen molar-refractivity contribution < 1.29 is 51.5 Å². The molecule has 0 amide bonds. The number of hydrogen-bond donors (Lipinski definition) is 0. The minimum absolute atomic E-state index is 0.0329. The second kappa shape index (κ2) is 10.6. The number of rotatable bonds is 6. The summed E-state index contributed by atoms with van der Waals surface area (Å²) in [5.41, 5.74) is -8.16. The zero-order valence-corrected chi connectivity index (χ0v) is 22.1. The fourth-order valence-electron chi connectivity index (χ4n) is 3.66. The summed E-state index contributed by atoms with van der Waals surface area (Å²) in [6.07, 6.45) is 5.57. The molecule has 0 atom stereocenters. The fraction of sp³-hybridized carbons (Fsp3) is 0.240. The standard InChI is InChI=1S/C25H20F6O6S2/c1-4-5-8-17-12-19(11-15(2)21(13-17)36-38(32,33)24(26,27)28)23-16(3)22(37-39(34,35)25(29,30)31)14-18-9-6-7-10-20(18)23/h4-10,13-14H,12H2,1-3H3/b5-4-,17-8+. The van der Waals surface area contributed by atoms with Gasteiger partial charge in [0.15, 0.2) is 5.76 Å². The van der Waals surface area contributed by atoms with Crippen LogP contribution in [0.1, 0.15) is 31.4 Å². The molecule has 0 N–H and O–H groups in total. The van der Waals surface area contributed by atoms with Gasteiger partial charge in [-0.05, 0) is 49.3 Å². The van der Waals surface area contributed by atoms with Crippen LogP contribution < -0.4 is 4.18 Å². The predicted molar refractivity (Wildman–Crippen MR) is 132 cm³/mol. The topological polar surface area (TPSA) is 86.7 Å². The second-order valence-corrected chi connectivity index (χ2v) is 11.3. The smallest absolute Gasteiger partial charge is 0.376 e. The summed E-state index contributed by atoms with van der Waals surface area (Å²) >= 11 is 0. The van der Waals surface area contributed by atoms with Gasteiger partial charge in [0, 0.05) is 28.7 Å². The molecule has 39 heavy (non-hydrogen) atoms. The number of fused-ring (bicyclic) bond motifs is 1. The van der Waals surface area contributed by atoms with Gasteiger partial charge in [0.1, 0.15) is 5.75 Å². The molecule has 0 spiro atoms. The molecule has 0 unspecified atom stereocenters. The van der Waals surface area contributed by atoms with E-state index in [1.54, 1.807) is 31.2 Å². The summed E-state index contributed by atoms with van der Waals surface area (Å²) < 4.78 is 134. The van der Waals surface area contributed by atoms with E-state index in [1.807, 2.05) is 0 Å². The monoisotopic (exact) mass is 594 g/mol. The van der Waals surface area contributed by atoms with Crippen molar-refractivity contribution in [3.8, 4) is 5.75 Å². The van der Waals surface area contributed by atoms with Gasteiger partial charge in [-0.2, -0.15) is 43.2 Å². The molecule has 0 aromatic heterocycles. The number of halogens is 6. The van der Waals surface area contributed by atoms with Gasteiger partial charge in [0.25, 0.3) is 0 Å². The molecule has 0 bridgehead atoms. The second-order valence-electron chi connectivity index (χ2n) is 8.24. The Labute approximate surface area is 220 Å². The predicted octanol–water partition coefficient (Wildman–Crippen LogP) is 6.96. The van der Waals surface area contributed by atoms with E-state index in [0.717, 1.165) is 12.1 Å². The molecule has 0 fully saturated rings. The molecule has 0 saturated carbocycles. The van der Waals surface area contributed by atoms with Gasteiger partial charge in [-0.15, -0.1) is 5.73 Å². The Morgan fingerprint density at radius 2 is 1.51 bits per heavy atom.